The lowest BCUT2D eigenvalue weighted by Crippen LogP contribution is -2.13. The highest BCUT2D eigenvalue weighted by molar-refractivity contribution is 6.17. The summed E-state index contributed by atoms with van der Waals surface area (Å²) in [5.74, 6) is -2.11. The van der Waals surface area contributed by atoms with Crippen LogP contribution in [0.25, 0.3) is 0 Å². The number of hydrogen-bond donors (Lipinski definition) is 1. The van der Waals surface area contributed by atoms with E-state index in [2.05, 4.69) is 10.1 Å². The molecule has 0 saturated carbocycles. The number of aromatic nitrogens is 2. The lowest BCUT2D eigenvalue weighted by molar-refractivity contribution is -0.139. The van der Waals surface area contributed by atoms with E-state index in [0.29, 0.717) is 30.7 Å². The number of benzene rings is 1. The van der Waals surface area contributed by atoms with Crippen molar-refractivity contribution in [2.24, 2.45) is 0 Å². The van der Waals surface area contributed by atoms with Gasteiger partial charge < -0.3 is 9.63 Å². The Balaban J connectivity index is 2.15. The van der Waals surface area contributed by atoms with E-state index < -0.39 is 17.7 Å². The fourth-order valence-electron chi connectivity index (χ4n) is 1.98. The van der Waals surface area contributed by atoms with Crippen molar-refractivity contribution >= 4 is 23.4 Å². The predicted molar refractivity (Wildman–Crippen MR) is 79.1 cm³/mol. The molecule has 116 valence electrons. The van der Waals surface area contributed by atoms with Crippen LogP contribution in [0, 0.1) is 0 Å². The van der Waals surface area contributed by atoms with E-state index in [1.54, 1.807) is 30.3 Å². The first-order chi connectivity index (χ1) is 10.6. The second-order valence-electron chi connectivity index (χ2n) is 4.73. The van der Waals surface area contributed by atoms with Crippen LogP contribution in [0.4, 0.5) is 0 Å². The number of alkyl halides is 1. The van der Waals surface area contributed by atoms with Crippen molar-refractivity contribution in [2.45, 2.75) is 25.2 Å². The molecule has 0 saturated heterocycles. The molecule has 0 aliphatic carbocycles. The molecule has 0 aliphatic rings. The molecule has 0 radical (unpaired) electrons. The van der Waals surface area contributed by atoms with E-state index in [1.165, 1.54) is 0 Å². The van der Waals surface area contributed by atoms with E-state index in [4.69, 9.17) is 16.1 Å². The molecule has 0 spiro atoms. The van der Waals surface area contributed by atoms with Gasteiger partial charge in [0.05, 0.1) is 0 Å². The van der Waals surface area contributed by atoms with Gasteiger partial charge in [0.25, 0.3) is 0 Å². The number of rotatable bonds is 8. The Morgan fingerprint density at radius 1 is 1.23 bits per heavy atom. The first-order valence-electron chi connectivity index (χ1n) is 6.85. The van der Waals surface area contributed by atoms with Gasteiger partial charge in [-0.1, -0.05) is 41.9 Å². The van der Waals surface area contributed by atoms with E-state index in [1.807, 2.05) is 0 Å². The number of nitrogens with zero attached hydrogens (tertiary/aromatic N) is 2. The van der Waals surface area contributed by atoms with Crippen molar-refractivity contribution in [2.75, 3.05) is 5.88 Å². The Hall–Kier alpha value is -2.21. The molecule has 2 rings (SSSR count). The molecule has 0 amide bonds. The van der Waals surface area contributed by atoms with E-state index in [0.717, 1.165) is 0 Å². The van der Waals surface area contributed by atoms with Gasteiger partial charge >= 0.3 is 5.97 Å². The van der Waals surface area contributed by atoms with Crippen LogP contribution in [-0.4, -0.2) is 32.9 Å². The molecule has 1 N–H and O–H groups in total. The number of halogens is 1. The summed E-state index contributed by atoms with van der Waals surface area (Å²) in [4.78, 5) is 27.4. The number of aliphatic carboxylic acids is 1. The van der Waals surface area contributed by atoms with Crippen LogP contribution in [-0.2, 0) is 4.79 Å². The summed E-state index contributed by atoms with van der Waals surface area (Å²) in [7, 11) is 0. The fourth-order valence-corrected chi connectivity index (χ4v) is 2.17. The minimum Gasteiger partial charge on any atom is -0.481 e. The second kappa shape index (κ2) is 7.70. The van der Waals surface area contributed by atoms with Crippen molar-refractivity contribution < 1.29 is 19.2 Å². The third kappa shape index (κ3) is 3.92. The standard InChI is InChI=1S/C15H15ClN2O4/c16-9-5-4-8-11(15(20)21)14-17-13(18-22-14)12(19)10-6-2-1-3-7-10/h1-3,6-7,11H,4-5,8-9H2,(H,20,21). The molecule has 22 heavy (non-hydrogen) atoms. The molecule has 0 aliphatic heterocycles. The summed E-state index contributed by atoms with van der Waals surface area (Å²) >= 11 is 5.58. The maximum absolute atomic E-state index is 12.2. The third-order valence-corrected chi connectivity index (χ3v) is 3.42. The van der Waals surface area contributed by atoms with Crippen LogP contribution >= 0.6 is 11.6 Å². The number of carboxylic acids is 1. The highest BCUT2D eigenvalue weighted by atomic mass is 35.5. The number of ketones is 1. The number of unbranched alkanes of at least 4 members (excludes halogenated alkanes) is 1. The summed E-state index contributed by atoms with van der Waals surface area (Å²) in [6.07, 6.45) is 1.67. The number of carboxylic acid groups (broad SMARTS) is 1. The van der Waals surface area contributed by atoms with Crippen LogP contribution in [0.1, 0.15) is 47.3 Å². The summed E-state index contributed by atoms with van der Waals surface area (Å²) in [5.41, 5.74) is 0.420. The van der Waals surface area contributed by atoms with Crippen LogP contribution in [0.2, 0.25) is 0 Å². The highest BCUT2D eigenvalue weighted by Gasteiger charge is 2.27. The average Bonchev–Trinajstić information content (AvgIpc) is 3.01. The molecular formula is C15H15ClN2O4. The van der Waals surface area contributed by atoms with Crippen molar-refractivity contribution in [3.05, 3.63) is 47.6 Å². The van der Waals surface area contributed by atoms with Gasteiger partial charge in [-0.3, -0.25) is 9.59 Å². The van der Waals surface area contributed by atoms with Gasteiger partial charge in [0.2, 0.25) is 17.5 Å². The van der Waals surface area contributed by atoms with Gasteiger partial charge in [-0.25, -0.2) is 0 Å². The van der Waals surface area contributed by atoms with Crippen LogP contribution in [0.15, 0.2) is 34.9 Å². The van der Waals surface area contributed by atoms with Gasteiger partial charge in [-0.2, -0.15) is 4.98 Å². The maximum Gasteiger partial charge on any atom is 0.316 e. The first-order valence-corrected chi connectivity index (χ1v) is 7.39. The quantitative estimate of drug-likeness (QED) is 0.456. The van der Waals surface area contributed by atoms with Crippen LogP contribution < -0.4 is 0 Å². The Bertz CT molecular complexity index is 642. The van der Waals surface area contributed by atoms with Crippen molar-refractivity contribution in [1.29, 1.82) is 0 Å². The first kappa shape index (κ1) is 16.2. The fraction of sp³-hybridized carbons (Fsp3) is 0.333. The van der Waals surface area contributed by atoms with Gasteiger partial charge in [0.15, 0.2) is 0 Å². The SMILES string of the molecule is O=C(c1ccccc1)c1noc(C(CCCCCl)C(=O)O)n1. The largest absolute Gasteiger partial charge is 0.481 e. The summed E-state index contributed by atoms with van der Waals surface area (Å²) < 4.78 is 4.97. The number of carbonyl (C=O) groups is 2. The Morgan fingerprint density at radius 2 is 1.95 bits per heavy atom. The van der Waals surface area contributed by atoms with Crippen molar-refractivity contribution in [3.63, 3.8) is 0 Å². The van der Waals surface area contributed by atoms with Gasteiger partial charge in [-0.15, -0.1) is 11.6 Å². The van der Waals surface area contributed by atoms with Gasteiger partial charge in [0.1, 0.15) is 5.92 Å². The Labute approximate surface area is 132 Å². The topological polar surface area (TPSA) is 93.3 Å². The monoisotopic (exact) mass is 322 g/mol. The van der Waals surface area contributed by atoms with E-state index >= 15 is 0 Å². The second-order valence-corrected chi connectivity index (χ2v) is 5.10. The summed E-state index contributed by atoms with van der Waals surface area (Å²) in [6.45, 7) is 0. The Morgan fingerprint density at radius 3 is 2.59 bits per heavy atom. The molecule has 7 heteroatoms. The molecule has 1 heterocycles. The molecule has 0 bridgehead atoms. The molecule has 1 aromatic carbocycles. The minimum atomic E-state index is -1.06. The molecule has 0 fully saturated rings. The highest BCUT2D eigenvalue weighted by Crippen LogP contribution is 2.21. The van der Waals surface area contributed by atoms with E-state index in [9.17, 15) is 14.7 Å². The summed E-state index contributed by atoms with van der Waals surface area (Å²) in [5, 5.41) is 12.8. The third-order valence-electron chi connectivity index (χ3n) is 3.15. The van der Waals surface area contributed by atoms with Crippen LogP contribution in [0.3, 0.4) is 0 Å². The molecule has 1 unspecified atom stereocenters. The zero-order chi connectivity index (χ0) is 15.9. The molecular weight excluding hydrogens is 308 g/mol. The van der Waals surface area contributed by atoms with Gasteiger partial charge in [-0.05, 0) is 12.8 Å². The predicted octanol–water partition coefficient (Wildman–Crippen LogP) is 2.88. The molecule has 1 atom stereocenters. The van der Waals surface area contributed by atoms with Crippen LogP contribution in [0.5, 0.6) is 0 Å². The zero-order valence-corrected chi connectivity index (χ0v) is 12.5. The minimum absolute atomic E-state index is 0.0543. The average molecular weight is 323 g/mol. The zero-order valence-electron chi connectivity index (χ0n) is 11.7. The molecule has 6 nitrogen and oxygen atoms in total. The van der Waals surface area contributed by atoms with Gasteiger partial charge in [0, 0.05) is 11.4 Å². The summed E-state index contributed by atoms with van der Waals surface area (Å²) in [6, 6.07) is 8.50. The molecule has 1 aromatic heterocycles. The van der Waals surface area contributed by atoms with Crippen molar-refractivity contribution in [1.82, 2.24) is 10.1 Å². The van der Waals surface area contributed by atoms with E-state index in [-0.39, 0.29) is 11.7 Å². The normalized spacial score (nSPS) is 12.0. The molecule has 2 aromatic rings. The lowest BCUT2D eigenvalue weighted by atomic mass is 10.0. The number of carbonyl (C=O) groups excluding carboxylic acids is 1. The lowest BCUT2D eigenvalue weighted by Gasteiger charge is -2.06. The maximum atomic E-state index is 12.2. The van der Waals surface area contributed by atoms with Crippen molar-refractivity contribution in [3.8, 4) is 0 Å². The Kier molecular flexibility index (Phi) is 5.66. The number of hydrogen-bond acceptors (Lipinski definition) is 5. The smallest absolute Gasteiger partial charge is 0.316 e.